The number of hydrogen-bond donors (Lipinski definition) is 1. The molecule has 1 N–H and O–H groups in total. The number of fused-ring (bicyclic) bond motifs is 2. The molecule has 0 saturated heterocycles. The van der Waals surface area contributed by atoms with Gasteiger partial charge in [-0.2, -0.15) is 0 Å². The summed E-state index contributed by atoms with van der Waals surface area (Å²) in [6.07, 6.45) is 2.94. The normalized spacial score (nSPS) is 37.7. The molecule has 2 saturated carbocycles. The van der Waals surface area contributed by atoms with Gasteiger partial charge in [0.25, 0.3) is 0 Å². The molecule has 0 aromatic rings. The molecule has 5 atom stereocenters. The van der Waals surface area contributed by atoms with Gasteiger partial charge in [-0.15, -0.1) is 0 Å². The lowest BCUT2D eigenvalue weighted by atomic mass is 9.51. The van der Waals surface area contributed by atoms with Crippen molar-refractivity contribution in [1.29, 1.82) is 0 Å². The number of carbonyl (C=O) groups is 3. The van der Waals surface area contributed by atoms with Gasteiger partial charge in [-0.1, -0.05) is 19.4 Å². The van der Waals surface area contributed by atoms with E-state index in [-0.39, 0.29) is 29.5 Å². The number of ether oxygens (including phenoxy) is 3. The number of hydrogen-bond acceptors (Lipinski definition) is 7. The number of allylic oxidation sites excluding steroid dienone is 1. The average molecular weight is 392 g/mol. The fourth-order valence-electron chi connectivity index (χ4n) is 5.10. The molecule has 0 spiro atoms. The molecule has 0 aromatic heterocycles. The molecule has 154 valence electrons. The van der Waals surface area contributed by atoms with Crippen molar-refractivity contribution in [2.24, 2.45) is 17.3 Å². The van der Waals surface area contributed by atoms with Crippen LogP contribution in [0.5, 0.6) is 0 Å². The third-order valence-corrected chi connectivity index (χ3v) is 6.88. The van der Waals surface area contributed by atoms with Crippen LogP contribution in [0.1, 0.15) is 53.4 Å². The molecule has 7 nitrogen and oxygen atoms in total. The molecule has 1 heterocycles. The Hall–Kier alpha value is -2.15. The van der Waals surface area contributed by atoms with Gasteiger partial charge >= 0.3 is 17.9 Å². The topological polar surface area (TPSA) is 99.1 Å². The summed E-state index contributed by atoms with van der Waals surface area (Å²) >= 11 is 0. The third-order valence-electron chi connectivity index (χ3n) is 6.88. The average Bonchev–Trinajstić information content (AvgIpc) is 2.88. The predicted octanol–water partition coefficient (Wildman–Crippen LogP) is 2.43. The van der Waals surface area contributed by atoms with E-state index in [1.807, 2.05) is 6.92 Å². The zero-order valence-electron chi connectivity index (χ0n) is 17.0. The number of aliphatic hydroxyl groups is 1. The maximum absolute atomic E-state index is 12.6. The predicted molar refractivity (Wildman–Crippen MR) is 98.6 cm³/mol. The summed E-state index contributed by atoms with van der Waals surface area (Å²) in [6.45, 7) is 6.80. The number of esters is 3. The van der Waals surface area contributed by atoms with Gasteiger partial charge in [0.05, 0.1) is 18.6 Å². The summed E-state index contributed by atoms with van der Waals surface area (Å²) in [4.78, 5) is 37.5. The lowest BCUT2D eigenvalue weighted by molar-refractivity contribution is -0.228. The van der Waals surface area contributed by atoms with Crippen LogP contribution in [-0.2, 0) is 28.6 Å². The van der Waals surface area contributed by atoms with E-state index in [1.165, 1.54) is 7.11 Å². The number of carbonyl (C=O) groups excluding carboxylic acids is 3. The molecule has 2 aliphatic carbocycles. The summed E-state index contributed by atoms with van der Waals surface area (Å²) in [5.41, 5.74) is 0.0750. The summed E-state index contributed by atoms with van der Waals surface area (Å²) in [7, 11) is 1.34. The van der Waals surface area contributed by atoms with Crippen LogP contribution in [0.3, 0.4) is 0 Å². The van der Waals surface area contributed by atoms with Crippen LogP contribution in [0.2, 0.25) is 0 Å². The maximum Gasteiger partial charge on any atom is 0.336 e. The maximum atomic E-state index is 12.6. The van der Waals surface area contributed by atoms with Gasteiger partial charge in [0.1, 0.15) is 6.10 Å². The molecular weight excluding hydrogens is 364 g/mol. The molecule has 3 aliphatic rings. The van der Waals surface area contributed by atoms with E-state index in [0.29, 0.717) is 12.0 Å². The highest BCUT2D eigenvalue weighted by molar-refractivity contribution is 5.93. The van der Waals surface area contributed by atoms with E-state index in [1.54, 1.807) is 26.8 Å². The summed E-state index contributed by atoms with van der Waals surface area (Å²) in [5, 5.41) is 11.1. The Kier molecular flexibility index (Phi) is 5.17. The Bertz CT molecular complexity index is 780. The molecule has 0 amide bonds. The molecule has 3 rings (SSSR count). The molecule has 1 aliphatic heterocycles. The summed E-state index contributed by atoms with van der Waals surface area (Å²) in [5.74, 6) is -4.05. The highest BCUT2D eigenvalue weighted by Gasteiger charge is 2.66. The van der Waals surface area contributed by atoms with Crippen molar-refractivity contribution in [1.82, 2.24) is 0 Å². The van der Waals surface area contributed by atoms with Crippen molar-refractivity contribution >= 4 is 17.9 Å². The Morgan fingerprint density at radius 1 is 1.32 bits per heavy atom. The molecule has 0 radical (unpaired) electrons. The molecule has 7 heteroatoms. The Labute approximate surface area is 164 Å². The van der Waals surface area contributed by atoms with Gasteiger partial charge in [0, 0.05) is 23.0 Å². The van der Waals surface area contributed by atoms with E-state index < -0.39 is 35.2 Å². The SMILES string of the molecule is C/C=C(/C)C(=O)O[C@H]1C2=C(C)C(=O)O[C@]2(O)C[C@H]2CCC[C@H](C(=O)OC)[C@]21C. The second kappa shape index (κ2) is 7.03. The van der Waals surface area contributed by atoms with Crippen molar-refractivity contribution in [2.75, 3.05) is 7.11 Å². The van der Waals surface area contributed by atoms with Gasteiger partial charge in [0.2, 0.25) is 5.79 Å². The van der Waals surface area contributed by atoms with E-state index in [9.17, 15) is 19.5 Å². The lowest BCUT2D eigenvalue weighted by Crippen LogP contribution is -2.61. The highest BCUT2D eigenvalue weighted by atomic mass is 16.7. The minimum atomic E-state index is -1.81. The fraction of sp³-hybridized carbons (Fsp3) is 0.667. The minimum absolute atomic E-state index is 0.173. The van der Waals surface area contributed by atoms with E-state index in [2.05, 4.69) is 0 Å². The Morgan fingerprint density at radius 2 is 2.00 bits per heavy atom. The van der Waals surface area contributed by atoms with Crippen LogP contribution >= 0.6 is 0 Å². The van der Waals surface area contributed by atoms with Crippen molar-refractivity contribution in [3.05, 3.63) is 22.8 Å². The molecule has 0 aromatic carbocycles. The fourth-order valence-corrected chi connectivity index (χ4v) is 5.10. The standard InChI is InChI=1S/C21H28O7/c1-6-11(2)17(22)27-16-15-12(3)18(23)28-21(15,25)10-13-8-7-9-14(19(24)26-5)20(13,16)4/h6,13-14,16,25H,7-10H2,1-5H3/b11-6-/t13-,14-,16+,20+,21-/m1/s1. The van der Waals surface area contributed by atoms with Crippen molar-refractivity contribution in [2.45, 2.75) is 65.3 Å². The van der Waals surface area contributed by atoms with Crippen LogP contribution < -0.4 is 0 Å². The van der Waals surface area contributed by atoms with E-state index in [0.717, 1.165) is 12.8 Å². The Balaban J connectivity index is 2.17. The molecular formula is C21H28O7. The molecule has 2 fully saturated rings. The van der Waals surface area contributed by atoms with E-state index in [4.69, 9.17) is 14.2 Å². The zero-order chi connectivity index (χ0) is 20.9. The quantitative estimate of drug-likeness (QED) is 0.447. The molecule has 0 unspecified atom stereocenters. The lowest BCUT2D eigenvalue weighted by Gasteiger charge is -2.55. The monoisotopic (exact) mass is 392 g/mol. The first-order chi connectivity index (χ1) is 13.1. The van der Waals surface area contributed by atoms with Crippen molar-refractivity contribution < 1.29 is 33.7 Å². The van der Waals surface area contributed by atoms with Gasteiger partial charge < -0.3 is 19.3 Å². The van der Waals surface area contributed by atoms with Crippen LogP contribution in [0.15, 0.2) is 22.8 Å². The van der Waals surface area contributed by atoms with Crippen LogP contribution in [0.25, 0.3) is 0 Å². The summed E-state index contributed by atoms with van der Waals surface area (Å²) in [6, 6.07) is 0. The summed E-state index contributed by atoms with van der Waals surface area (Å²) < 4.78 is 16.2. The van der Waals surface area contributed by atoms with Crippen LogP contribution in [0.4, 0.5) is 0 Å². The molecule has 28 heavy (non-hydrogen) atoms. The first-order valence-corrected chi connectivity index (χ1v) is 9.68. The zero-order valence-corrected chi connectivity index (χ0v) is 17.0. The first kappa shape index (κ1) is 20.6. The molecule has 0 bridgehead atoms. The van der Waals surface area contributed by atoms with Gasteiger partial charge in [-0.3, -0.25) is 4.79 Å². The minimum Gasteiger partial charge on any atom is -0.469 e. The smallest absolute Gasteiger partial charge is 0.336 e. The highest BCUT2D eigenvalue weighted by Crippen LogP contribution is 2.60. The number of methoxy groups -OCH3 is 1. The second-order valence-corrected chi connectivity index (χ2v) is 8.24. The number of rotatable bonds is 3. The largest absolute Gasteiger partial charge is 0.469 e. The first-order valence-electron chi connectivity index (χ1n) is 9.68. The van der Waals surface area contributed by atoms with Gasteiger partial charge in [-0.25, -0.2) is 9.59 Å². The van der Waals surface area contributed by atoms with Crippen LogP contribution in [-0.4, -0.2) is 42.0 Å². The second-order valence-electron chi connectivity index (χ2n) is 8.24. The van der Waals surface area contributed by atoms with Crippen molar-refractivity contribution in [3.63, 3.8) is 0 Å². The van der Waals surface area contributed by atoms with Gasteiger partial charge in [-0.05, 0) is 39.5 Å². The van der Waals surface area contributed by atoms with Crippen molar-refractivity contribution in [3.8, 4) is 0 Å². The van der Waals surface area contributed by atoms with E-state index >= 15 is 0 Å². The Morgan fingerprint density at radius 3 is 2.61 bits per heavy atom. The van der Waals surface area contributed by atoms with Gasteiger partial charge in [0.15, 0.2) is 0 Å². The third kappa shape index (κ3) is 2.87. The van der Waals surface area contributed by atoms with Crippen LogP contribution in [0, 0.1) is 17.3 Å².